The number of hydrogen-bond donors (Lipinski definition) is 0. The molecular formula is C25H24N2O2. The summed E-state index contributed by atoms with van der Waals surface area (Å²) < 4.78 is 5.60. The first-order valence-corrected chi connectivity index (χ1v) is 10.4. The van der Waals surface area contributed by atoms with Crippen LogP contribution >= 0.6 is 0 Å². The van der Waals surface area contributed by atoms with Crippen molar-refractivity contribution in [1.29, 1.82) is 0 Å². The highest BCUT2D eigenvalue weighted by Crippen LogP contribution is 2.33. The van der Waals surface area contributed by atoms with Crippen molar-refractivity contribution >= 4 is 5.91 Å². The standard InChI is InChI=1S/C25H24N2O2/c28-25(27-14-2-1-5-23(27)22-4-3-13-26-17-22)19-8-6-18(7-9-19)20-10-11-24-21(16-20)12-15-29-24/h3-4,6-11,13,16-17,23H,1-2,5,12,14-15H2. The van der Waals surface area contributed by atoms with Crippen molar-refractivity contribution in [2.75, 3.05) is 13.2 Å². The Kier molecular flexibility index (Phi) is 4.76. The number of fused-ring (bicyclic) bond motifs is 1. The molecule has 146 valence electrons. The molecule has 0 bridgehead atoms. The van der Waals surface area contributed by atoms with Crippen LogP contribution in [0.15, 0.2) is 67.0 Å². The predicted octanol–water partition coefficient (Wildman–Crippen LogP) is 5.05. The highest BCUT2D eigenvalue weighted by molar-refractivity contribution is 5.95. The van der Waals surface area contributed by atoms with E-state index in [2.05, 4.69) is 23.2 Å². The minimum absolute atomic E-state index is 0.104. The lowest BCUT2D eigenvalue weighted by Crippen LogP contribution is -2.38. The van der Waals surface area contributed by atoms with Gasteiger partial charge in [0.2, 0.25) is 0 Å². The average molecular weight is 384 g/mol. The molecule has 1 amide bonds. The van der Waals surface area contributed by atoms with Crippen molar-refractivity contribution in [3.63, 3.8) is 0 Å². The second-order valence-corrected chi connectivity index (χ2v) is 7.79. The quantitative estimate of drug-likeness (QED) is 0.634. The van der Waals surface area contributed by atoms with E-state index < -0.39 is 0 Å². The molecule has 2 aliphatic heterocycles. The van der Waals surface area contributed by atoms with Crippen molar-refractivity contribution in [3.05, 3.63) is 83.7 Å². The van der Waals surface area contributed by atoms with Gasteiger partial charge in [0.05, 0.1) is 12.6 Å². The zero-order valence-electron chi connectivity index (χ0n) is 16.4. The Bertz CT molecular complexity index is 1010. The minimum atomic E-state index is 0.104. The minimum Gasteiger partial charge on any atom is -0.493 e. The van der Waals surface area contributed by atoms with E-state index in [1.54, 1.807) is 6.20 Å². The molecule has 2 aliphatic rings. The fraction of sp³-hybridized carbons (Fsp3) is 0.280. The third-order valence-electron chi connectivity index (χ3n) is 5.99. The third kappa shape index (κ3) is 3.51. The molecule has 1 fully saturated rings. The van der Waals surface area contributed by atoms with Crippen LogP contribution < -0.4 is 4.74 Å². The molecular weight excluding hydrogens is 360 g/mol. The zero-order chi connectivity index (χ0) is 19.6. The maximum Gasteiger partial charge on any atom is 0.254 e. The predicted molar refractivity (Wildman–Crippen MR) is 113 cm³/mol. The van der Waals surface area contributed by atoms with E-state index in [9.17, 15) is 4.79 Å². The number of carbonyl (C=O) groups excluding carboxylic acids is 1. The van der Waals surface area contributed by atoms with Crippen molar-refractivity contribution in [1.82, 2.24) is 9.88 Å². The Morgan fingerprint density at radius 3 is 2.72 bits per heavy atom. The van der Waals surface area contributed by atoms with Gasteiger partial charge in [-0.15, -0.1) is 0 Å². The molecule has 0 aliphatic carbocycles. The molecule has 3 aromatic rings. The van der Waals surface area contributed by atoms with Crippen LogP contribution in [0, 0.1) is 0 Å². The second-order valence-electron chi connectivity index (χ2n) is 7.79. The summed E-state index contributed by atoms with van der Waals surface area (Å²) in [4.78, 5) is 19.5. The molecule has 1 aromatic heterocycles. The van der Waals surface area contributed by atoms with Crippen LogP contribution in [-0.4, -0.2) is 28.9 Å². The van der Waals surface area contributed by atoms with E-state index in [1.165, 1.54) is 11.1 Å². The third-order valence-corrected chi connectivity index (χ3v) is 5.99. The van der Waals surface area contributed by atoms with Gasteiger partial charge in [-0.05, 0) is 71.8 Å². The van der Waals surface area contributed by atoms with Crippen LogP contribution in [0.25, 0.3) is 11.1 Å². The molecule has 29 heavy (non-hydrogen) atoms. The van der Waals surface area contributed by atoms with Gasteiger partial charge >= 0.3 is 0 Å². The maximum absolute atomic E-state index is 13.3. The van der Waals surface area contributed by atoms with Gasteiger partial charge in [0.1, 0.15) is 5.75 Å². The summed E-state index contributed by atoms with van der Waals surface area (Å²) in [7, 11) is 0. The fourth-order valence-electron chi connectivity index (χ4n) is 4.43. The van der Waals surface area contributed by atoms with Crippen molar-refractivity contribution in [2.24, 2.45) is 0 Å². The number of nitrogens with zero attached hydrogens (tertiary/aromatic N) is 2. The van der Waals surface area contributed by atoms with E-state index in [4.69, 9.17) is 4.74 Å². The molecule has 0 saturated carbocycles. The van der Waals surface area contributed by atoms with E-state index in [1.807, 2.05) is 47.5 Å². The van der Waals surface area contributed by atoms with E-state index >= 15 is 0 Å². The summed E-state index contributed by atoms with van der Waals surface area (Å²) in [5.74, 6) is 1.10. The molecule has 1 saturated heterocycles. The van der Waals surface area contributed by atoms with Gasteiger partial charge in [-0.3, -0.25) is 9.78 Å². The Balaban J connectivity index is 1.38. The lowest BCUT2D eigenvalue weighted by molar-refractivity contribution is 0.0611. The zero-order valence-corrected chi connectivity index (χ0v) is 16.4. The lowest BCUT2D eigenvalue weighted by Gasteiger charge is -2.36. The largest absolute Gasteiger partial charge is 0.493 e. The number of benzene rings is 2. The summed E-state index contributed by atoms with van der Waals surface area (Å²) in [6.45, 7) is 1.56. The van der Waals surface area contributed by atoms with E-state index in [0.717, 1.165) is 61.3 Å². The normalized spacial score (nSPS) is 18.2. The molecule has 2 aromatic carbocycles. The summed E-state index contributed by atoms with van der Waals surface area (Å²) in [6, 6.07) is 18.5. The van der Waals surface area contributed by atoms with Crippen molar-refractivity contribution < 1.29 is 9.53 Å². The highest BCUT2D eigenvalue weighted by atomic mass is 16.5. The Labute approximate surface area is 171 Å². The van der Waals surface area contributed by atoms with Gasteiger partial charge in [0.25, 0.3) is 5.91 Å². The molecule has 0 spiro atoms. The number of rotatable bonds is 3. The molecule has 0 radical (unpaired) electrons. The van der Waals surface area contributed by atoms with Gasteiger partial charge in [0.15, 0.2) is 0 Å². The Morgan fingerprint density at radius 2 is 1.90 bits per heavy atom. The smallest absolute Gasteiger partial charge is 0.254 e. The molecule has 4 nitrogen and oxygen atoms in total. The Morgan fingerprint density at radius 1 is 1.03 bits per heavy atom. The number of aromatic nitrogens is 1. The van der Waals surface area contributed by atoms with E-state index in [0.29, 0.717) is 0 Å². The van der Waals surface area contributed by atoms with Crippen LogP contribution in [0.4, 0.5) is 0 Å². The molecule has 4 heteroatoms. The summed E-state index contributed by atoms with van der Waals surface area (Å²) >= 11 is 0. The molecule has 0 N–H and O–H groups in total. The summed E-state index contributed by atoms with van der Waals surface area (Å²) in [5.41, 5.74) is 5.42. The van der Waals surface area contributed by atoms with Crippen LogP contribution in [0.1, 0.15) is 46.8 Å². The maximum atomic E-state index is 13.3. The highest BCUT2D eigenvalue weighted by Gasteiger charge is 2.28. The monoisotopic (exact) mass is 384 g/mol. The van der Waals surface area contributed by atoms with Crippen LogP contribution in [0.3, 0.4) is 0 Å². The lowest BCUT2D eigenvalue weighted by atomic mass is 9.95. The van der Waals surface area contributed by atoms with Crippen LogP contribution in [-0.2, 0) is 6.42 Å². The van der Waals surface area contributed by atoms with Gasteiger partial charge in [-0.25, -0.2) is 0 Å². The average Bonchev–Trinajstić information content (AvgIpc) is 3.27. The molecule has 1 unspecified atom stereocenters. The number of ether oxygens (including phenoxy) is 1. The van der Waals surface area contributed by atoms with E-state index in [-0.39, 0.29) is 11.9 Å². The van der Waals surface area contributed by atoms with Gasteiger partial charge in [0, 0.05) is 30.9 Å². The summed E-state index contributed by atoms with van der Waals surface area (Å²) in [5, 5.41) is 0. The van der Waals surface area contributed by atoms with Gasteiger partial charge in [-0.1, -0.05) is 24.3 Å². The van der Waals surface area contributed by atoms with Gasteiger partial charge < -0.3 is 9.64 Å². The number of piperidine rings is 1. The first kappa shape index (κ1) is 17.9. The molecule has 1 atom stereocenters. The van der Waals surface area contributed by atoms with Gasteiger partial charge in [-0.2, -0.15) is 0 Å². The number of likely N-dealkylation sites (tertiary alicyclic amines) is 1. The molecule has 5 rings (SSSR count). The SMILES string of the molecule is O=C(c1ccc(-c2ccc3c(c2)CCO3)cc1)N1CCCCC1c1cccnc1. The fourth-order valence-corrected chi connectivity index (χ4v) is 4.43. The first-order chi connectivity index (χ1) is 14.3. The number of pyridine rings is 1. The van der Waals surface area contributed by atoms with Crippen molar-refractivity contribution in [2.45, 2.75) is 31.7 Å². The number of amides is 1. The topological polar surface area (TPSA) is 42.4 Å². The molecule has 3 heterocycles. The second kappa shape index (κ2) is 7.70. The summed E-state index contributed by atoms with van der Waals surface area (Å²) in [6.07, 6.45) is 7.82. The van der Waals surface area contributed by atoms with Crippen LogP contribution in [0.2, 0.25) is 0 Å². The number of carbonyl (C=O) groups is 1. The van der Waals surface area contributed by atoms with Crippen molar-refractivity contribution in [3.8, 4) is 16.9 Å². The number of hydrogen-bond acceptors (Lipinski definition) is 3. The first-order valence-electron chi connectivity index (χ1n) is 10.4. The van der Waals surface area contributed by atoms with Crippen LogP contribution in [0.5, 0.6) is 5.75 Å². The Hall–Kier alpha value is -3.14.